The molecule has 2 aromatic rings. The predicted octanol–water partition coefficient (Wildman–Crippen LogP) is 1.17. The summed E-state index contributed by atoms with van der Waals surface area (Å²) in [5.41, 5.74) is 0.856. The third-order valence-corrected chi connectivity index (χ3v) is 2.87. The fraction of sp³-hybridized carbons (Fsp3) is 0.357. The highest BCUT2D eigenvalue weighted by molar-refractivity contribution is 5.88. The van der Waals surface area contributed by atoms with Crippen LogP contribution >= 0.6 is 0 Å². The molecule has 0 radical (unpaired) electrons. The molecule has 7 nitrogen and oxygen atoms in total. The lowest BCUT2D eigenvalue weighted by Crippen LogP contribution is -2.36. The Hall–Kier alpha value is -2.41. The van der Waals surface area contributed by atoms with Gasteiger partial charge in [0.1, 0.15) is 5.82 Å². The van der Waals surface area contributed by atoms with Crippen LogP contribution in [0.15, 0.2) is 36.7 Å². The number of carbonyl (C=O) groups is 1. The molecule has 2 rings (SSSR count). The number of nitrogens with one attached hydrogen (secondary N) is 1. The minimum absolute atomic E-state index is 0.264. The van der Waals surface area contributed by atoms with Crippen LogP contribution in [-0.4, -0.2) is 50.5 Å². The SMILES string of the molecule is CC(O)CN(C)C(=O)Nc1ccnn1Cc1ccccn1. The summed E-state index contributed by atoms with van der Waals surface area (Å²) >= 11 is 0. The first kappa shape index (κ1) is 15.0. The van der Waals surface area contributed by atoms with E-state index in [1.54, 1.807) is 37.1 Å². The minimum Gasteiger partial charge on any atom is -0.392 e. The highest BCUT2D eigenvalue weighted by Crippen LogP contribution is 2.09. The second kappa shape index (κ2) is 6.85. The van der Waals surface area contributed by atoms with Gasteiger partial charge in [-0.05, 0) is 19.1 Å². The van der Waals surface area contributed by atoms with Crippen molar-refractivity contribution in [3.63, 3.8) is 0 Å². The Morgan fingerprint density at radius 3 is 2.90 bits per heavy atom. The number of likely N-dealkylation sites (N-methyl/N-ethyl adjacent to an activating group) is 1. The molecule has 0 saturated heterocycles. The molecular formula is C14H19N5O2. The van der Waals surface area contributed by atoms with Crippen molar-refractivity contribution in [3.8, 4) is 0 Å². The molecule has 2 aromatic heterocycles. The second-order valence-electron chi connectivity index (χ2n) is 4.85. The molecule has 0 aliphatic carbocycles. The Morgan fingerprint density at radius 1 is 1.43 bits per heavy atom. The Morgan fingerprint density at radius 2 is 2.24 bits per heavy atom. The number of pyridine rings is 1. The van der Waals surface area contributed by atoms with Gasteiger partial charge in [-0.25, -0.2) is 9.48 Å². The molecule has 21 heavy (non-hydrogen) atoms. The van der Waals surface area contributed by atoms with Gasteiger partial charge in [-0.15, -0.1) is 0 Å². The average molecular weight is 289 g/mol. The van der Waals surface area contributed by atoms with Gasteiger partial charge in [-0.1, -0.05) is 6.07 Å². The Bertz CT molecular complexity index is 582. The number of rotatable bonds is 5. The average Bonchev–Trinajstić information content (AvgIpc) is 2.86. The molecule has 0 aliphatic rings. The van der Waals surface area contributed by atoms with E-state index < -0.39 is 6.10 Å². The number of aliphatic hydroxyl groups is 1. The lowest BCUT2D eigenvalue weighted by atomic mass is 10.3. The van der Waals surface area contributed by atoms with Gasteiger partial charge in [0.25, 0.3) is 0 Å². The van der Waals surface area contributed by atoms with Gasteiger partial charge in [-0.3, -0.25) is 10.3 Å². The minimum atomic E-state index is -0.570. The number of nitrogens with zero attached hydrogens (tertiary/aromatic N) is 4. The Kier molecular flexibility index (Phi) is 4.89. The standard InChI is InChI=1S/C14H19N5O2/c1-11(20)9-18(2)14(21)17-13-6-8-16-19(13)10-12-5-3-4-7-15-12/h3-8,11,20H,9-10H2,1-2H3,(H,17,21). The van der Waals surface area contributed by atoms with Crippen LogP contribution in [0.2, 0.25) is 0 Å². The molecule has 0 aliphatic heterocycles. The summed E-state index contributed by atoms with van der Waals surface area (Å²) in [5.74, 6) is 0.586. The summed E-state index contributed by atoms with van der Waals surface area (Å²) in [6.07, 6.45) is 2.76. The molecule has 0 fully saturated rings. The highest BCUT2D eigenvalue weighted by Gasteiger charge is 2.13. The van der Waals surface area contributed by atoms with E-state index in [4.69, 9.17) is 0 Å². The summed E-state index contributed by atoms with van der Waals surface area (Å²) in [6.45, 7) is 2.37. The molecular weight excluding hydrogens is 270 g/mol. The summed E-state index contributed by atoms with van der Waals surface area (Å²) in [6, 6.07) is 7.07. The van der Waals surface area contributed by atoms with Gasteiger partial charge in [0.2, 0.25) is 0 Å². The van der Waals surface area contributed by atoms with E-state index in [2.05, 4.69) is 15.4 Å². The molecule has 2 N–H and O–H groups in total. The van der Waals surface area contributed by atoms with E-state index in [-0.39, 0.29) is 12.6 Å². The zero-order valence-electron chi connectivity index (χ0n) is 12.1. The second-order valence-corrected chi connectivity index (χ2v) is 4.85. The smallest absolute Gasteiger partial charge is 0.322 e. The molecule has 0 aromatic carbocycles. The maximum absolute atomic E-state index is 12.0. The van der Waals surface area contributed by atoms with E-state index in [0.29, 0.717) is 12.4 Å². The first-order valence-corrected chi connectivity index (χ1v) is 6.68. The van der Waals surface area contributed by atoms with E-state index >= 15 is 0 Å². The van der Waals surface area contributed by atoms with Crippen molar-refractivity contribution < 1.29 is 9.90 Å². The lowest BCUT2D eigenvalue weighted by Gasteiger charge is -2.19. The molecule has 1 unspecified atom stereocenters. The first-order chi connectivity index (χ1) is 10.1. The van der Waals surface area contributed by atoms with Crippen molar-refractivity contribution in [3.05, 3.63) is 42.4 Å². The van der Waals surface area contributed by atoms with Gasteiger partial charge in [0, 0.05) is 25.9 Å². The highest BCUT2D eigenvalue weighted by atomic mass is 16.3. The van der Waals surface area contributed by atoms with Crippen molar-refractivity contribution in [1.29, 1.82) is 0 Å². The zero-order chi connectivity index (χ0) is 15.2. The molecule has 2 amide bonds. The number of aliphatic hydroxyl groups excluding tert-OH is 1. The third kappa shape index (κ3) is 4.28. The van der Waals surface area contributed by atoms with Gasteiger partial charge in [0.05, 0.1) is 24.5 Å². The van der Waals surface area contributed by atoms with E-state index in [0.717, 1.165) is 5.69 Å². The zero-order valence-corrected chi connectivity index (χ0v) is 12.1. The van der Waals surface area contributed by atoms with Crippen molar-refractivity contribution in [2.75, 3.05) is 18.9 Å². The largest absolute Gasteiger partial charge is 0.392 e. The van der Waals surface area contributed by atoms with Crippen LogP contribution in [0.5, 0.6) is 0 Å². The van der Waals surface area contributed by atoms with Crippen LogP contribution in [0.4, 0.5) is 10.6 Å². The van der Waals surface area contributed by atoms with Crippen LogP contribution in [-0.2, 0) is 6.54 Å². The van der Waals surface area contributed by atoms with E-state index in [1.807, 2.05) is 18.2 Å². The quantitative estimate of drug-likeness (QED) is 0.865. The van der Waals surface area contributed by atoms with Gasteiger partial charge >= 0.3 is 6.03 Å². The van der Waals surface area contributed by atoms with Crippen LogP contribution in [0, 0.1) is 0 Å². The van der Waals surface area contributed by atoms with Crippen molar-refractivity contribution in [2.24, 2.45) is 0 Å². The summed E-state index contributed by atoms with van der Waals surface area (Å²) in [4.78, 5) is 17.6. The van der Waals surface area contributed by atoms with Crippen LogP contribution < -0.4 is 5.32 Å². The Balaban J connectivity index is 2.02. The van der Waals surface area contributed by atoms with Crippen molar-refractivity contribution in [2.45, 2.75) is 19.6 Å². The van der Waals surface area contributed by atoms with Crippen molar-refractivity contribution >= 4 is 11.8 Å². The van der Waals surface area contributed by atoms with Crippen LogP contribution in [0.3, 0.4) is 0 Å². The van der Waals surface area contributed by atoms with Crippen LogP contribution in [0.25, 0.3) is 0 Å². The topological polar surface area (TPSA) is 83.3 Å². The molecule has 2 heterocycles. The maximum Gasteiger partial charge on any atom is 0.322 e. The number of amides is 2. The van der Waals surface area contributed by atoms with Gasteiger partial charge in [-0.2, -0.15) is 5.10 Å². The molecule has 0 spiro atoms. The first-order valence-electron chi connectivity index (χ1n) is 6.68. The number of hydrogen-bond donors (Lipinski definition) is 2. The fourth-order valence-corrected chi connectivity index (χ4v) is 1.89. The number of hydrogen-bond acceptors (Lipinski definition) is 4. The maximum atomic E-state index is 12.0. The monoisotopic (exact) mass is 289 g/mol. The summed E-state index contributed by atoms with van der Waals surface area (Å²) in [5, 5.41) is 16.2. The molecule has 1 atom stereocenters. The van der Waals surface area contributed by atoms with Crippen molar-refractivity contribution in [1.82, 2.24) is 19.7 Å². The van der Waals surface area contributed by atoms with Crippen LogP contribution in [0.1, 0.15) is 12.6 Å². The normalized spacial score (nSPS) is 12.0. The number of aromatic nitrogens is 3. The molecule has 7 heteroatoms. The summed E-state index contributed by atoms with van der Waals surface area (Å²) < 4.78 is 1.66. The molecule has 112 valence electrons. The number of carbonyl (C=O) groups excluding carboxylic acids is 1. The van der Waals surface area contributed by atoms with Gasteiger partial charge in [0.15, 0.2) is 0 Å². The lowest BCUT2D eigenvalue weighted by molar-refractivity contribution is 0.149. The summed E-state index contributed by atoms with van der Waals surface area (Å²) in [7, 11) is 1.63. The Labute approximate surface area is 123 Å². The number of anilines is 1. The molecule has 0 saturated carbocycles. The van der Waals surface area contributed by atoms with E-state index in [1.165, 1.54) is 4.90 Å². The van der Waals surface area contributed by atoms with E-state index in [9.17, 15) is 9.90 Å². The predicted molar refractivity (Wildman–Crippen MR) is 78.9 cm³/mol. The molecule has 0 bridgehead atoms. The third-order valence-electron chi connectivity index (χ3n) is 2.87. The van der Waals surface area contributed by atoms with Gasteiger partial charge < -0.3 is 10.0 Å². The number of urea groups is 1. The fourth-order valence-electron chi connectivity index (χ4n) is 1.89.